The molecule has 7 nitrogen and oxygen atoms in total. The summed E-state index contributed by atoms with van der Waals surface area (Å²) in [6, 6.07) is 8.00. The monoisotopic (exact) mass is 400 g/mol. The van der Waals surface area contributed by atoms with Crippen molar-refractivity contribution in [3.63, 3.8) is 0 Å². The van der Waals surface area contributed by atoms with E-state index in [1.165, 1.54) is 5.00 Å². The van der Waals surface area contributed by atoms with Crippen molar-refractivity contribution < 1.29 is 4.79 Å². The molecule has 2 aromatic heterocycles. The van der Waals surface area contributed by atoms with Crippen molar-refractivity contribution in [1.82, 2.24) is 15.2 Å². The second-order valence-corrected chi connectivity index (χ2v) is 7.61. The fourth-order valence-corrected chi connectivity index (χ4v) is 3.81. The Balaban J connectivity index is 1.48. The summed E-state index contributed by atoms with van der Waals surface area (Å²) in [5, 5.41) is 9.60. The van der Waals surface area contributed by atoms with E-state index in [2.05, 4.69) is 54.8 Å². The molecule has 0 bridgehead atoms. The zero-order valence-electron chi connectivity index (χ0n) is 16.5. The van der Waals surface area contributed by atoms with Crippen LogP contribution in [-0.2, 0) is 4.79 Å². The van der Waals surface area contributed by atoms with Gasteiger partial charge in [0, 0.05) is 45.3 Å². The van der Waals surface area contributed by atoms with E-state index in [0.29, 0.717) is 18.8 Å². The van der Waals surface area contributed by atoms with E-state index in [9.17, 15) is 4.79 Å². The Morgan fingerprint density at radius 2 is 2.07 bits per heavy atom. The number of carbonyl (C=O) groups is 1. The maximum Gasteiger partial charge on any atom is 0.227 e. The second-order valence-electron chi connectivity index (χ2n) is 6.68. The minimum Gasteiger partial charge on any atom is -0.360 e. The van der Waals surface area contributed by atoms with Gasteiger partial charge in [0.25, 0.3) is 0 Å². The van der Waals surface area contributed by atoms with E-state index in [4.69, 9.17) is 0 Å². The molecule has 3 rings (SSSR count). The van der Waals surface area contributed by atoms with Crippen LogP contribution in [0.15, 0.2) is 40.8 Å². The molecular formula is C20H28N6OS. The van der Waals surface area contributed by atoms with E-state index in [1.54, 1.807) is 17.5 Å². The van der Waals surface area contributed by atoms with Crippen LogP contribution in [0.5, 0.6) is 0 Å². The Labute approximate surface area is 170 Å². The normalized spacial score (nSPS) is 14.9. The maximum atomic E-state index is 12.1. The zero-order chi connectivity index (χ0) is 19.8. The zero-order valence-corrected chi connectivity index (χ0v) is 17.3. The number of aromatic nitrogens is 1. The van der Waals surface area contributed by atoms with Gasteiger partial charge in [0.05, 0.1) is 11.5 Å². The highest BCUT2D eigenvalue weighted by Gasteiger charge is 2.20. The average Bonchev–Trinajstić information content (AvgIpc) is 3.24. The summed E-state index contributed by atoms with van der Waals surface area (Å²) >= 11 is 1.78. The molecule has 2 N–H and O–H groups in total. The molecular weight excluding hydrogens is 372 g/mol. The highest BCUT2D eigenvalue weighted by molar-refractivity contribution is 7.14. The van der Waals surface area contributed by atoms with Crippen LogP contribution in [0.25, 0.3) is 0 Å². The number of pyridine rings is 1. The molecule has 1 fully saturated rings. The molecule has 8 heteroatoms. The second kappa shape index (κ2) is 10.1. The highest BCUT2D eigenvalue weighted by Crippen LogP contribution is 2.22. The molecule has 0 atom stereocenters. The van der Waals surface area contributed by atoms with Gasteiger partial charge in [-0.2, -0.15) is 0 Å². The van der Waals surface area contributed by atoms with Gasteiger partial charge < -0.3 is 20.4 Å². The number of nitrogens with one attached hydrogen (secondary N) is 2. The van der Waals surface area contributed by atoms with Gasteiger partial charge in [0.2, 0.25) is 5.91 Å². The minimum atomic E-state index is -0.0709. The third kappa shape index (κ3) is 5.69. The average molecular weight is 401 g/mol. The first-order chi connectivity index (χ1) is 13.7. The smallest absolute Gasteiger partial charge is 0.227 e. The number of anilines is 2. The van der Waals surface area contributed by atoms with Crippen LogP contribution < -0.4 is 15.5 Å². The van der Waals surface area contributed by atoms with E-state index in [-0.39, 0.29) is 5.91 Å². The molecule has 0 saturated carbocycles. The number of hydrogen-bond donors (Lipinski definition) is 2. The van der Waals surface area contributed by atoms with Crippen LogP contribution in [0.1, 0.15) is 18.9 Å². The summed E-state index contributed by atoms with van der Waals surface area (Å²) in [5.41, 5.74) is 1.07. The van der Waals surface area contributed by atoms with Gasteiger partial charge in [0.1, 0.15) is 5.82 Å². The molecule has 2 aromatic rings. The summed E-state index contributed by atoms with van der Waals surface area (Å²) in [5.74, 6) is 1.39. The fourth-order valence-electron chi connectivity index (χ4n) is 3.02. The van der Waals surface area contributed by atoms with Crippen LogP contribution in [0.2, 0.25) is 0 Å². The number of carbonyl (C=O) groups excluding carboxylic acids is 1. The number of piperazine rings is 1. The Morgan fingerprint density at radius 3 is 2.71 bits per heavy atom. The van der Waals surface area contributed by atoms with Crippen molar-refractivity contribution in [2.45, 2.75) is 20.3 Å². The number of hydrogen-bond acceptors (Lipinski definition) is 5. The van der Waals surface area contributed by atoms with E-state index in [1.807, 2.05) is 19.1 Å². The summed E-state index contributed by atoms with van der Waals surface area (Å²) in [4.78, 5) is 25.7. The topological polar surface area (TPSA) is 72.9 Å². The molecule has 0 aliphatic carbocycles. The Bertz CT molecular complexity index is 767. The van der Waals surface area contributed by atoms with Crippen LogP contribution in [-0.4, -0.2) is 61.0 Å². The molecule has 0 aromatic carbocycles. The van der Waals surface area contributed by atoms with Gasteiger partial charge in [-0.1, -0.05) is 6.07 Å². The third-order valence-electron chi connectivity index (χ3n) is 4.51. The number of nitrogens with zero attached hydrogens (tertiary/aromatic N) is 4. The molecule has 3 heterocycles. The van der Waals surface area contributed by atoms with Gasteiger partial charge >= 0.3 is 0 Å². The van der Waals surface area contributed by atoms with Gasteiger partial charge in [-0.25, -0.2) is 4.98 Å². The molecule has 1 saturated heterocycles. The van der Waals surface area contributed by atoms with Gasteiger partial charge in [-0.15, -0.1) is 11.3 Å². The third-order valence-corrected chi connectivity index (χ3v) is 5.44. The van der Waals surface area contributed by atoms with Crippen molar-refractivity contribution in [2.24, 2.45) is 4.99 Å². The molecule has 0 unspecified atom stereocenters. The summed E-state index contributed by atoms with van der Waals surface area (Å²) in [7, 11) is 0. The number of aliphatic imine (C=N–C) groups is 1. The number of rotatable bonds is 6. The lowest BCUT2D eigenvalue weighted by atomic mass is 10.3. The lowest BCUT2D eigenvalue weighted by molar-refractivity contribution is -0.116. The lowest BCUT2D eigenvalue weighted by Gasteiger charge is -2.37. The van der Waals surface area contributed by atoms with Crippen molar-refractivity contribution in [2.75, 3.05) is 49.5 Å². The van der Waals surface area contributed by atoms with Crippen molar-refractivity contribution in [1.29, 1.82) is 0 Å². The largest absolute Gasteiger partial charge is 0.360 e. The first kappa shape index (κ1) is 20.1. The van der Waals surface area contributed by atoms with Gasteiger partial charge in [-0.05, 0) is 43.0 Å². The van der Waals surface area contributed by atoms with Crippen molar-refractivity contribution in [3.05, 3.63) is 41.4 Å². The van der Waals surface area contributed by atoms with Crippen LogP contribution in [0.3, 0.4) is 0 Å². The van der Waals surface area contributed by atoms with Crippen molar-refractivity contribution >= 4 is 34.0 Å². The highest BCUT2D eigenvalue weighted by atomic mass is 32.1. The summed E-state index contributed by atoms with van der Waals surface area (Å²) < 4.78 is 0. The van der Waals surface area contributed by atoms with Crippen LogP contribution >= 0.6 is 11.3 Å². The minimum absolute atomic E-state index is 0.0709. The molecule has 28 heavy (non-hydrogen) atoms. The van der Waals surface area contributed by atoms with Crippen LogP contribution in [0, 0.1) is 6.92 Å². The standard InChI is InChI=1S/C20H28N6OS/c1-3-21-20(26-12-10-25(11-13-26)19-5-4-14-28-19)22-9-8-18(27)24-17-7-6-16(2)15-23-17/h4-7,14-15H,3,8-13H2,1-2H3,(H,21,22)(H,23,24,27). The van der Waals surface area contributed by atoms with Gasteiger partial charge in [0.15, 0.2) is 5.96 Å². The number of aryl methyl sites for hydroxylation is 1. The van der Waals surface area contributed by atoms with Crippen molar-refractivity contribution in [3.8, 4) is 0 Å². The van der Waals surface area contributed by atoms with E-state index >= 15 is 0 Å². The van der Waals surface area contributed by atoms with Gasteiger partial charge in [-0.3, -0.25) is 9.79 Å². The Kier molecular flexibility index (Phi) is 7.25. The predicted octanol–water partition coefficient (Wildman–Crippen LogP) is 2.57. The molecule has 0 spiro atoms. The molecule has 0 radical (unpaired) electrons. The predicted molar refractivity (Wildman–Crippen MR) is 116 cm³/mol. The maximum absolute atomic E-state index is 12.1. The number of guanidine groups is 1. The van der Waals surface area contributed by atoms with Crippen LogP contribution in [0.4, 0.5) is 10.8 Å². The molecule has 1 aliphatic heterocycles. The SMILES string of the molecule is CCNC(=NCCC(=O)Nc1ccc(C)cn1)N1CCN(c2cccs2)CC1. The number of amides is 1. The fraction of sp³-hybridized carbons (Fsp3) is 0.450. The summed E-state index contributed by atoms with van der Waals surface area (Å²) in [6.07, 6.45) is 2.08. The molecule has 1 aliphatic rings. The first-order valence-electron chi connectivity index (χ1n) is 9.70. The molecule has 1 amide bonds. The Morgan fingerprint density at radius 1 is 1.25 bits per heavy atom. The van der Waals surface area contributed by atoms with E-state index < -0.39 is 0 Å². The Hall–Kier alpha value is -2.61. The molecule has 150 valence electrons. The number of thiophene rings is 1. The first-order valence-corrected chi connectivity index (χ1v) is 10.6. The lowest BCUT2D eigenvalue weighted by Crippen LogP contribution is -2.52. The quantitative estimate of drug-likeness (QED) is 0.576. The van der Waals surface area contributed by atoms with E-state index in [0.717, 1.165) is 44.2 Å². The summed E-state index contributed by atoms with van der Waals surface area (Å²) in [6.45, 7) is 9.08.